The van der Waals surface area contributed by atoms with Crippen LogP contribution in [0.3, 0.4) is 0 Å². The molecule has 0 spiro atoms. The fraction of sp³-hybridized carbons (Fsp3) is 0.100. The Morgan fingerprint density at radius 1 is 1.00 bits per heavy atom. The summed E-state index contributed by atoms with van der Waals surface area (Å²) in [6, 6.07) is 15.6. The van der Waals surface area contributed by atoms with E-state index in [0.29, 0.717) is 12.1 Å². The predicted octanol–water partition coefficient (Wildman–Crippen LogP) is 1.27. The Bertz CT molecular complexity index is 937. The van der Waals surface area contributed by atoms with Gasteiger partial charge in [0.15, 0.2) is 37.9 Å². The lowest BCUT2D eigenvalue weighted by Crippen LogP contribution is -2.35. The van der Waals surface area contributed by atoms with Crippen LogP contribution in [0.2, 0.25) is 0 Å². The minimum absolute atomic E-state index is 0.431. The van der Waals surface area contributed by atoms with Crippen LogP contribution in [0.15, 0.2) is 78.5 Å². The maximum absolute atomic E-state index is 11.3. The van der Waals surface area contributed by atoms with Gasteiger partial charge in [-0.1, -0.05) is 23.4 Å². The van der Waals surface area contributed by atoms with Crippen LogP contribution in [0.25, 0.3) is 0 Å². The summed E-state index contributed by atoms with van der Waals surface area (Å²) in [6.45, 7) is 1.39. The molecule has 0 aliphatic carbocycles. The van der Waals surface area contributed by atoms with Gasteiger partial charge in [-0.05, 0) is 12.1 Å². The highest BCUT2D eigenvalue weighted by atomic mass is 16.4. The Morgan fingerprint density at radius 2 is 1.69 bits per heavy atom. The van der Waals surface area contributed by atoms with Gasteiger partial charge in [0.05, 0.1) is 6.21 Å². The SMILES string of the molecule is NC(=O)c1ccc[n+](Cc2cccc(C[n+]3ccc(/C=N/O)cc3)c2)c1. The van der Waals surface area contributed by atoms with Crippen LogP contribution in [0.5, 0.6) is 0 Å². The number of hydrogen-bond acceptors (Lipinski definition) is 3. The standard InChI is InChI=1S/C20H18N4O2/c21-20(25)19-5-2-8-24(15-19)14-18-4-1-3-17(11-18)13-23-9-6-16(7-10-23)12-22-26/h1-12,15H,13-14H2,(H-,21,25)/p+2. The molecule has 0 atom stereocenters. The summed E-state index contributed by atoms with van der Waals surface area (Å²) in [5, 5.41) is 11.6. The van der Waals surface area contributed by atoms with E-state index in [1.165, 1.54) is 11.8 Å². The second kappa shape index (κ2) is 8.02. The summed E-state index contributed by atoms with van der Waals surface area (Å²) in [5.74, 6) is -0.431. The molecule has 0 aliphatic rings. The average molecular weight is 348 g/mol. The van der Waals surface area contributed by atoms with Crippen molar-refractivity contribution in [1.82, 2.24) is 0 Å². The molecule has 2 heterocycles. The van der Waals surface area contributed by atoms with E-state index in [2.05, 4.69) is 27.9 Å². The van der Waals surface area contributed by atoms with Crippen molar-refractivity contribution in [1.29, 1.82) is 0 Å². The second-order valence-electron chi connectivity index (χ2n) is 6.00. The lowest BCUT2D eigenvalue weighted by molar-refractivity contribution is -0.689. The number of carbonyl (C=O) groups is 1. The number of rotatable bonds is 6. The van der Waals surface area contributed by atoms with Crippen molar-refractivity contribution in [3.05, 3.63) is 95.6 Å². The minimum Gasteiger partial charge on any atom is -0.411 e. The van der Waals surface area contributed by atoms with E-state index in [0.717, 1.165) is 17.7 Å². The molecule has 26 heavy (non-hydrogen) atoms. The van der Waals surface area contributed by atoms with Gasteiger partial charge in [0.25, 0.3) is 5.91 Å². The number of pyridine rings is 2. The number of oxime groups is 1. The van der Waals surface area contributed by atoms with Crippen molar-refractivity contribution in [3.8, 4) is 0 Å². The summed E-state index contributed by atoms with van der Waals surface area (Å²) >= 11 is 0. The van der Waals surface area contributed by atoms with Crippen molar-refractivity contribution >= 4 is 12.1 Å². The Morgan fingerprint density at radius 3 is 2.35 bits per heavy atom. The van der Waals surface area contributed by atoms with E-state index in [1.54, 1.807) is 12.3 Å². The Kier molecular flexibility index (Phi) is 5.34. The monoisotopic (exact) mass is 348 g/mol. The lowest BCUT2D eigenvalue weighted by Gasteiger charge is -2.02. The molecule has 3 N–H and O–H groups in total. The molecule has 0 fully saturated rings. The van der Waals surface area contributed by atoms with Gasteiger partial charge < -0.3 is 10.9 Å². The number of benzene rings is 1. The number of aromatic nitrogens is 2. The zero-order valence-electron chi connectivity index (χ0n) is 14.2. The lowest BCUT2D eigenvalue weighted by atomic mass is 10.1. The Balaban J connectivity index is 1.73. The third-order valence-corrected chi connectivity index (χ3v) is 3.99. The largest absolute Gasteiger partial charge is 0.411 e. The summed E-state index contributed by atoms with van der Waals surface area (Å²) < 4.78 is 3.99. The number of nitrogens with zero attached hydrogens (tertiary/aromatic N) is 3. The highest BCUT2D eigenvalue weighted by Crippen LogP contribution is 2.05. The van der Waals surface area contributed by atoms with Crippen molar-refractivity contribution < 1.29 is 19.1 Å². The van der Waals surface area contributed by atoms with Crippen LogP contribution >= 0.6 is 0 Å². The molecule has 0 radical (unpaired) electrons. The first-order valence-electron chi connectivity index (χ1n) is 8.17. The van der Waals surface area contributed by atoms with Crippen LogP contribution in [-0.2, 0) is 13.1 Å². The first kappa shape index (κ1) is 17.3. The maximum atomic E-state index is 11.3. The molecule has 130 valence electrons. The Labute approximate surface area is 151 Å². The van der Waals surface area contributed by atoms with Gasteiger partial charge in [-0.2, -0.15) is 4.57 Å². The smallest absolute Gasteiger partial charge is 0.254 e. The van der Waals surface area contributed by atoms with Gasteiger partial charge >= 0.3 is 0 Å². The molecule has 6 nitrogen and oxygen atoms in total. The summed E-state index contributed by atoms with van der Waals surface area (Å²) in [6.07, 6.45) is 8.94. The van der Waals surface area contributed by atoms with E-state index in [-0.39, 0.29) is 0 Å². The van der Waals surface area contributed by atoms with Gasteiger partial charge in [0.2, 0.25) is 0 Å². The topological polar surface area (TPSA) is 83.4 Å². The molecule has 3 rings (SSSR count). The molecule has 1 aromatic carbocycles. The highest BCUT2D eigenvalue weighted by molar-refractivity contribution is 5.92. The molecule has 0 saturated heterocycles. The van der Waals surface area contributed by atoms with Crippen LogP contribution in [0.1, 0.15) is 27.0 Å². The molecule has 0 aliphatic heterocycles. The normalized spacial score (nSPS) is 10.9. The van der Waals surface area contributed by atoms with E-state index in [1.807, 2.05) is 47.4 Å². The molecule has 0 saturated carbocycles. The van der Waals surface area contributed by atoms with Crippen LogP contribution in [0, 0.1) is 0 Å². The van der Waals surface area contributed by atoms with E-state index in [9.17, 15) is 4.79 Å². The van der Waals surface area contributed by atoms with Crippen LogP contribution in [0.4, 0.5) is 0 Å². The van der Waals surface area contributed by atoms with Crippen LogP contribution in [-0.4, -0.2) is 17.3 Å². The van der Waals surface area contributed by atoms with Crippen molar-refractivity contribution in [3.63, 3.8) is 0 Å². The first-order valence-corrected chi connectivity index (χ1v) is 8.17. The first-order chi connectivity index (χ1) is 12.6. The van der Waals surface area contributed by atoms with Gasteiger partial charge in [-0.15, -0.1) is 0 Å². The van der Waals surface area contributed by atoms with Gasteiger partial charge in [-0.25, -0.2) is 4.57 Å². The Hall–Kier alpha value is -3.54. The predicted molar refractivity (Wildman–Crippen MR) is 95.8 cm³/mol. The number of primary amides is 1. The van der Waals surface area contributed by atoms with E-state index >= 15 is 0 Å². The maximum Gasteiger partial charge on any atom is 0.254 e. The van der Waals surface area contributed by atoms with Gasteiger partial charge in [-0.3, -0.25) is 4.79 Å². The third kappa shape index (κ3) is 4.51. The van der Waals surface area contributed by atoms with Gasteiger partial charge in [0, 0.05) is 34.9 Å². The zero-order valence-corrected chi connectivity index (χ0v) is 14.2. The molecule has 3 aromatic rings. The zero-order chi connectivity index (χ0) is 18.4. The molecular weight excluding hydrogens is 328 g/mol. The fourth-order valence-corrected chi connectivity index (χ4v) is 2.74. The number of amides is 1. The summed E-state index contributed by atoms with van der Waals surface area (Å²) in [7, 11) is 0. The van der Waals surface area contributed by atoms with E-state index < -0.39 is 5.91 Å². The van der Waals surface area contributed by atoms with Crippen molar-refractivity contribution in [2.45, 2.75) is 13.1 Å². The molecular formula is C20H20N4O2+2. The molecule has 6 heteroatoms. The minimum atomic E-state index is -0.431. The van der Waals surface area contributed by atoms with Crippen LogP contribution < -0.4 is 14.9 Å². The quantitative estimate of drug-likeness (QED) is 0.304. The fourth-order valence-electron chi connectivity index (χ4n) is 2.74. The third-order valence-electron chi connectivity index (χ3n) is 3.99. The molecule has 0 bridgehead atoms. The highest BCUT2D eigenvalue weighted by Gasteiger charge is 2.09. The second-order valence-corrected chi connectivity index (χ2v) is 6.00. The number of hydrogen-bond donors (Lipinski definition) is 2. The van der Waals surface area contributed by atoms with E-state index in [4.69, 9.17) is 10.9 Å². The molecule has 2 aromatic heterocycles. The average Bonchev–Trinajstić information content (AvgIpc) is 2.64. The molecule has 1 amide bonds. The van der Waals surface area contributed by atoms with Crippen molar-refractivity contribution in [2.75, 3.05) is 0 Å². The number of nitrogens with two attached hydrogens (primary N) is 1. The van der Waals surface area contributed by atoms with Gasteiger partial charge in [0.1, 0.15) is 5.56 Å². The molecule has 0 unspecified atom stereocenters. The summed E-state index contributed by atoms with van der Waals surface area (Å²) in [5.41, 5.74) is 8.97. The van der Waals surface area contributed by atoms with Crippen molar-refractivity contribution in [2.24, 2.45) is 10.9 Å². The summed E-state index contributed by atoms with van der Waals surface area (Å²) in [4.78, 5) is 11.3. The number of carbonyl (C=O) groups excluding carboxylic acids is 1.